The smallest absolute Gasteiger partial charge is 0.328 e. The summed E-state index contributed by atoms with van der Waals surface area (Å²) in [4.78, 5) is 24.6. The summed E-state index contributed by atoms with van der Waals surface area (Å²) in [5.41, 5.74) is 0.904. The zero-order chi connectivity index (χ0) is 23.2. The molecule has 0 heterocycles. The van der Waals surface area contributed by atoms with Crippen molar-refractivity contribution in [3.63, 3.8) is 0 Å². The third kappa shape index (κ3) is 5.83. The van der Waals surface area contributed by atoms with E-state index >= 15 is 0 Å². The number of carbonyl (C=O) groups excluding carboxylic acids is 2. The van der Waals surface area contributed by atoms with Crippen molar-refractivity contribution in [2.24, 2.45) is 5.92 Å². The fraction of sp³-hybridized carbons (Fsp3) is 0.364. The number of carbonyl (C=O) groups is 2. The molecule has 168 valence electrons. The van der Waals surface area contributed by atoms with E-state index < -0.39 is 27.9 Å². The second-order valence-corrected chi connectivity index (χ2v) is 9.34. The minimum Gasteiger partial charge on any atom is -0.495 e. The summed E-state index contributed by atoms with van der Waals surface area (Å²) in [5, 5.41) is 2.61. The Morgan fingerprint density at radius 3 is 2.26 bits per heavy atom. The van der Waals surface area contributed by atoms with Crippen LogP contribution in [0.25, 0.3) is 0 Å². The molecule has 0 saturated heterocycles. The van der Waals surface area contributed by atoms with Gasteiger partial charge in [0.15, 0.2) is 0 Å². The van der Waals surface area contributed by atoms with Crippen molar-refractivity contribution in [1.29, 1.82) is 0 Å². The third-order valence-corrected chi connectivity index (χ3v) is 6.60. The van der Waals surface area contributed by atoms with Gasteiger partial charge in [-0.25, -0.2) is 13.2 Å². The molecule has 0 spiro atoms. The molecule has 0 saturated carbocycles. The second kappa shape index (κ2) is 10.4. The molecule has 9 heteroatoms. The summed E-state index contributed by atoms with van der Waals surface area (Å²) in [5.74, 6) is -1.26. The van der Waals surface area contributed by atoms with E-state index in [4.69, 9.17) is 9.47 Å². The Labute approximate surface area is 183 Å². The van der Waals surface area contributed by atoms with Gasteiger partial charge >= 0.3 is 5.97 Å². The van der Waals surface area contributed by atoms with Crippen molar-refractivity contribution in [2.75, 3.05) is 21.3 Å². The van der Waals surface area contributed by atoms with Gasteiger partial charge in [0.05, 0.1) is 14.2 Å². The lowest BCUT2D eigenvalue weighted by molar-refractivity contribution is -0.144. The van der Waals surface area contributed by atoms with Gasteiger partial charge in [-0.05, 0) is 29.7 Å². The summed E-state index contributed by atoms with van der Waals surface area (Å²) >= 11 is 0. The van der Waals surface area contributed by atoms with Gasteiger partial charge in [-0.1, -0.05) is 44.2 Å². The van der Waals surface area contributed by atoms with E-state index in [1.54, 1.807) is 13.8 Å². The fourth-order valence-corrected chi connectivity index (χ4v) is 4.30. The summed E-state index contributed by atoms with van der Waals surface area (Å²) in [6, 6.07) is 12.4. The maximum atomic E-state index is 13.2. The molecule has 1 amide bonds. The molecule has 1 N–H and O–H groups in total. The highest BCUT2D eigenvalue weighted by atomic mass is 32.2. The molecule has 0 unspecified atom stereocenters. The molecular weight excluding hydrogens is 420 g/mol. The minimum absolute atomic E-state index is 0.0852. The van der Waals surface area contributed by atoms with Crippen LogP contribution in [0, 0.1) is 5.92 Å². The number of rotatable bonds is 9. The molecule has 2 rings (SSSR count). The van der Waals surface area contributed by atoms with Crippen LogP contribution in [-0.4, -0.2) is 51.9 Å². The SMILES string of the molecule is COC(=O)[C@H](NC(=O)c1ccc(OC)c(S(=O)(=O)N(C)Cc2ccccc2)c1)C(C)C. The van der Waals surface area contributed by atoms with Crippen LogP contribution in [0.15, 0.2) is 53.4 Å². The summed E-state index contributed by atoms with van der Waals surface area (Å²) < 4.78 is 37.6. The molecule has 2 aromatic rings. The van der Waals surface area contributed by atoms with Crippen molar-refractivity contribution >= 4 is 21.9 Å². The molecule has 0 bridgehead atoms. The van der Waals surface area contributed by atoms with Crippen LogP contribution in [0.2, 0.25) is 0 Å². The van der Waals surface area contributed by atoms with Gasteiger partial charge in [0.1, 0.15) is 16.7 Å². The fourth-order valence-electron chi connectivity index (χ4n) is 2.96. The summed E-state index contributed by atoms with van der Waals surface area (Å²) in [7, 11) is 0.0929. The molecule has 8 nitrogen and oxygen atoms in total. The van der Waals surface area contributed by atoms with Gasteiger partial charge in [0.25, 0.3) is 5.91 Å². The van der Waals surface area contributed by atoms with E-state index in [1.807, 2.05) is 30.3 Å². The van der Waals surface area contributed by atoms with Crippen LogP contribution >= 0.6 is 0 Å². The average molecular weight is 449 g/mol. The number of ether oxygens (including phenoxy) is 2. The van der Waals surface area contributed by atoms with Crippen molar-refractivity contribution in [1.82, 2.24) is 9.62 Å². The van der Waals surface area contributed by atoms with Crippen molar-refractivity contribution in [2.45, 2.75) is 31.3 Å². The molecule has 0 aliphatic heterocycles. The van der Waals surface area contributed by atoms with Crippen LogP contribution in [0.5, 0.6) is 5.75 Å². The van der Waals surface area contributed by atoms with Gasteiger partial charge in [-0.15, -0.1) is 0 Å². The van der Waals surface area contributed by atoms with Gasteiger partial charge in [-0.3, -0.25) is 4.79 Å². The van der Waals surface area contributed by atoms with Gasteiger partial charge in [0, 0.05) is 19.2 Å². The highest BCUT2D eigenvalue weighted by molar-refractivity contribution is 7.89. The minimum atomic E-state index is -3.97. The predicted octanol–water partition coefficient (Wildman–Crippen LogP) is 2.44. The number of benzene rings is 2. The Hall–Kier alpha value is -2.91. The van der Waals surface area contributed by atoms with Crippen LogP contribution in [0.3, 0.4) is 0 Å². The van der Waals surface area contributed by atoms with Crippen molar-refractivity contribution < 1.29 is 27.5 Å². The average Bonchev–Trinajstić information content (AvgIpc) is 2.76. The number of nitrogens with one attached hydrogen (secondary N) is 1. The van der Waals surface area contributed by atoms with Gasteiger partial charge in [0.2, 0.25) is 10.0 Å². The maximum absolute atomic E-state index is 13.2. The number of esters is 1. The molecular formula is C22H28N2O6S. The largest absolute Gasteiger partial charge is 0.495 e. The Morgan fingerprint density at radius 2 is 1.71 bits per heavy atom. The van der Waals surface area contributed by atoms with Gasteiger partial charge in [-0.2, -0.15) is 4.31 Å². The Bertz CT molecular complexity index is 1020. The molecule has 0 aromatic heterocycles. The van der Waals surface area contributed by atoms with E-state index in [-0.39, 0.29) is 28.7 Å². The second-order valence-electron chi connectivity index (χ2n) is 7.33. The van der Waals surface area contributed by atoms with E-state index in [2.05, 4.69) is 5.32 Å². The molecule has 0 fully saturated rings. The lowest BCUT2D eigenvalue weighted by atomic mass is 10.0. The zero-order valence-electron chi connectivity index (χ0n) is 18.3. The van der Waals surface area contributed by atoms with E-state index in [0.29, 0.717) is 0 Å². The normalized spacial score (nSPS) is 12.5. The quantitative estimate of drug-likeness (QED) is 0.591. The van der Waals surface area contributed by atoms with E-state index in [0.717, 1.165) is 5.56 Å². The Kier molecular flexibility index (Phi) is 8.18. The molecule has 1 atom stereocenters. The number of hydrogen-bond donors (Lipinski definition) is 1. The van der Waals surface area contributed by atoms with Crippen LogP contribution in [0.1, 0.15) is 29.8 Å². The first-order chi connectivity index (χ1) is 14.6. The van der Waals surface area contributed by atoms with Gasteiger partial charge < -0.3 is 14.8 Å². The highest BCUT2D eigenvalue weighted by Gasteiger charge is 2.29. The third-order valence-electron chi connectivity index (χ3n) is 4.77. The first-order valence-electron chi connectivity index (χ1n) is 9.68. The lowest BCUT2D eigenvalue weighted by Gasteiger charge is -2.21. The highest BCUT2D eigenvalue weighted by Crippen LogP contribution is 2.28. The lowest BCUT2D eigenvalue weighted by Crippen LogP contribution is -2.45. The van der Waals surface area contributed by atoms with Crippen LogP contribution in [-0.2, 0) is 26.1 Å². The molecule has 0 aliphatic carbocycles. The van der Waals surface area contributed by atoms with Crippen LogP contribution < -0.4 is 10.1 Å². The molecule has 0 aliphatic rings. The standard InChI is InChI=1S/C22H28N2O6S/c1-15(2)20(22(26)30-5)23-21(25)17-11-12-18(29-4)19(13-17)31(27,28)24(3)14-16-9-7-6-8-10-16/h6-13,15,20H,14H2,1-5H3,(H,23,25)/t20-/m1/s1. The number of amides is 1. The maximum Gasteiger partial charge on any atom is 0.328 e. The van der Waals surface area contributed by atoms with E-state index in [1.165, 1.54) is 43.8 Å². The molecule has 31 heavy (non-hydrogen) atoms. The Balaban J connectivity index is 2.36. The predicted molar refractivity (Wildman–Crippen MR) is 116 cm³/mol. The van der Waals surface area contributed by atoms with E-state index in [9.17, 15) is 18.0 Å². The first kappa shape index (κ1) is 24.4. The van der Waals surface area contributed by atoms with Crippen LogP contribution in [0.4, 0.5) is 0 Å². The number of methoxy groups -OCH3 is 2. The first-order valence-corrected chi connectivity index (χ1v) is 11.1. The number of nitrogens with zero attached hydrogens (tertiary/aromatic N) is 1. The number of hydrogen-bond acceptors (Lipinski definition) is 6. The molecule has 2 aromatic carbocycles. The zero-order valence-corrected chi connectivity index (χ0v) is 19.1. The topological polar surface area (TPSA) is 102 Å². The van der Waals surface area contributed by atoms with Crippen molar-refractivity contribution in [3.8, 4) is 5.75 Å². The monoisotopic (exact) mass is 448 g/mol. The summed E-state index contributed by atoms with van der Waals surface area (Å²) in [6.45, 7) is 3.69. The summed E-state index contributed by atoms with van der Waals surface area (Å²) in [6.07, 6.45) is 0. The number of sulfonamides is 1. The van der Waals surface area contributed by atoms with Crippen molar-refractivity contribution in [3.05, 3.63) is 59.7 Å². The Morgan fingerprint density at radius 1 is 1.06 bits per heavy atom. The molecule has 0 radical (unpaired) electrons.